The molecule has 36 heavy (non-hydrogen) atoms. The van der Waals surface area contributed by atoms with E-state index in [-0.39, 0.29) is 29.2 Å². The molecule has 0 bridgehead atoms. The van der Waals surface area contributed by atoms with E-state index >= 15 is 0 Å². The van der Waals surface area contributed by atoms with Gasteiger partial charge in [-0.1, -0.05) is 6.07 Å². The van der Waals surface area contributed by atoms with Crippen LogP contribution in [0.15, 0.2) is 36.7 Å². The molecule has 4 aromatic rings. The molecule has 0 amide bonds. The van der Waals surface area contributed by atoms with Gasteiger partial charge < -0.3 is 15.2 Å². The lowest BCUT2D eigenvalue weighted by Gasteiger charge is -2.32. The normalized spacial score (nSPS) is 15.5. The number of halogens is 2. The smallest absolute Gasteiger partial charge is 0.229 e. The molecule has 0 saturated carbocycles. The zero-order valence-electron chi connectivity index (χ0n) is 20.9. The van der Waals surface area contributed by atoms with Crippen LogP contribution >= 0.6 is 0 Å². The number of hydrogen-bond donors (Lipinski definition) is 2. The molecule has 2 N–H and O–H groups in total. The molecule has 188 valence electrons. The zero-order chi connectivity index (χ0) is 25.4. The van der Waals surface area contributed by atoms with Crippen LogP contribution in [-0.4, -0.2) is 55.6 Å². The average Bonchev–Trinajstić information content (AvgIpc) is 3.22. The Morgan fingerprint density at radius 2 is 1.75 bits per heavy atom. The quantitative estimate of drug-likeness (QED) is 0.401. The van der Waals surface area contributed by atoms with Crippen LogP contribution in [0.1, 0.15) is 44.2 Å². The van der Waals surface area contributed by atoms with Crippen molar-refractivity contribution >= 4 is 22.8 Å². The van der Waals surface area contributed by atoms with Crippen LogP contribution in [0.2, 0.25) is 0 Å². The van der Waals surface area contributed by atoms with Gasteiger partial charge in [0.05, 0.1) is 11.7 Å². The van der Waals surface area contributed by atoms with Crippen LogP contribution in [0, 0.1) is 18.6 Å². The number of imidazole rings is 1. The molecule has 1 saturated heterocycles. The van der Waals surface area contributed by atoms with Crippen molar-refractivity contribution in [1.29, 1.82) is 0 Å². The van der Waals surface area contributed by atoms with E-state index in [9.17, 15) is 8.78 Å². The number of piperazine rings is 1. The third-order valence-electron chi connectivity index (χ3n) is 6.67. The Labute approximate surface area is 208 Å². The molecule has 0 unspecified atom stereocenters. The number of nitrogens with zero attached hydrogens (tertiary/aromatic N) is 6. The molecule has 0 aliphatic carbocycles. The summed E-state index contributed by atoms with van der Waals surface area (Å²) in [6.07, 6.45) is 2.91. The number of fused-ring (bicyclic) bond motifs is 1. The molecule has 10 heteroatoms. The van der Waals surface area contributed by atoms with Crippen molar-refractivity contribution in [3.05, 3.63) is 59.7 Å². The Kier molecular flexibility index (Phi) is 6.63. The monoisotopic (exact) mass is 492 g/mol. The van der Waals surface area contributed by atoms with Crippen molar-refractivity contribution < 1.29 is 8.78 Å². The third kappa shape index (κ3) is 4.66. The van der Waals surface area contributed by atoms with Gasteiger partial charge in [0.1, 0.15) is 22.9 Å². The Bertz CT molecular complexity index is 1380. The molecular formula is C26H30F2N8. The summed E-state index contributed by atoms with van der Waals surface area (Å²) >= 11 is 0. The highest BCUT2D eigenvalue weighted by Gasteiger charge is 2.20. The molecule has 1 aromatic carbocycles. The summed E-state index contributed by atoms with van der Waals surface area (Å²) in [6, 6.07) is 7.19. The third-order valence-corrected chi connectivity index (χ3v) is 6.67. The minimum atomic E-state index is -0.639. The van der Waals surface area contributed by atoms with Gasteiger partial charge in [-0.25, -0.2) is 28.7 Å². The molecule has 1 aliphatic heterocycles. The molecule has 1 atom stereocenters. The van der Waals surface area contributed by atoms with Crippen LogP contribution in [-0.2, 0) is 0 Å². The van der Waals surface area contributed by atoms with E-state index < -0.39 is 11.6 Å². The molecule has 8 nitrogen and oxygen atoms in total. The van der Waals surface area contributed by atoms with Gasteiger partial charge >= 0.3 is 0 Å². The maximum Gasteiger partial charge on any atom is 0.229 e. The first kappa shape index (κ1) is 24.2. The summed E-state index contributed by atoms with van der Waals surface area (Å²) in [7, 11) is 0. The second-order valence-corrected chi connectivity index (χ2v) is 9.40. The number of nitrogens with one attached hydrogen (secondary N) is 2. The fraction of sp³-hybridized carbons (Fsp3) is 0.385. The second-order valence-electron chi connectivity index (χ2n) is 9.40. The highest BCUT2D eigenvalue weighted by atomic mass is 19.1. The molecule has 0 radical (unpaired) electrons. The maximum atomic E-state index is 14.9. The number of anilines is 2. The van der Waals surface area contributed by atoms with Crippen molar-refractivity contribution in [2.45, 2.75) is 39.8 Å². The van der Waals surface area contributed by atoms with E-state index in [1.165, 1.54) is 6.07 Å². The summed E-state index contributed by atoms with van der Waals surface area (Å²) < 4.78 is 31.6. The van der Waals surface area contributed by atoms with E-state index in [2.05, 4.69) is 42.4 Å². The number of pyridine rings is 1. The number of aryl methyl sites for hydroxylation is 1. The largest absolute Gasteiger partial charge is 0.326 e. The van der Waals surface area contributed by atoms with E-state index in [1.54, 1.807) is 6.07 Å². The average molecular weight is 493 g/mol. The number of hydrogen-bond acceptors (Lipinski definition) is 7. The molecule has 1 aliphatic rings. The van der Waals surface area contributed by atoms with Crippen LogP contribution in [0.25, 0.3) is 22.3 Å². The van der Waals surface area contributed by atoms with Gasteiger partial charge in [-0.15, -0.1) is 0 Å². The Hall–Kier alpha value is -3.50. The van der Waals surface area contributed by atoms with Crippen LogP contribution in [0.4, 0.5) is 20.5 Å². The molecule has 1 fully saturated rings. The topological polar surface area (TPSA) is 83.8 Å². The van der Waals surface area contributed by atoms with Gasteiger partial charge in [-0.2, -0.15) is 0 Å². The van der Waals surface area contributed by atoms with Crippen LogP contribution < -0.4 is 10.6 Å². The van der Waals surface area contributed by atoms with Gasteiger partial charge in [0.15, 0.2) is 11.6 Å². The van der Waals surface area contributed by atoms with E-state index in [0.717, 1.165) is 37.9 Å². The second kappa shape index (κ2) is 9.87. The van der Waals surface area contributed by atoms with E-state index in [0.29, 0.717) is 22.7 Å². The van der Waals surface area contributed by atoms with Crippen molar-refractivity contribution in [3.63, 3.8) is 0 Å². The van der Waals surface area contributed by atoms with Gasteiger partial charge in [0.25, 0.3) is 0 Å². The van der Waals surface area contributed by atoms with Crippen molar-refractivity contribution in [2.75, 3.05) is 31.5 Å². The predicted octanol–water partition coefficient (Wildman–Crippen LogP) is 4.77. The Morgan fingerprint density at radius 1 is 0.972 bits per heavy atom. The lowest BCUT2D eigenvalue weighted by Crippen LogP contribution is -2.44. The summed E-state index contributed by atoms with van der Waals surface area (Å²) in [4.78, 5) is 19.7. The van der Waals surface area contributed by atoms with Crippen LogP contribution in [0.5, 0.6) is 0 Å². The minimum absolute atomic E-state index is 0.00593. The maximum absolute atomic E-state index is 14.9. The lowest BCUT2D eigenvalue weighted by atomic mass is 10.1. The summed E-state index contributed by atoms with van der Waals surface area (Å²) in [5.74, 6) is 0.255. The molecule has 0 spiro atoms. The summed E-state index contributed by atoms with van der Waals surface area (Å²) in [5, 5.41) is 6.40. The molecule has 4 heterocycles. The number of benzene rings is 1. The molecule has 5 rings (SSSR count). The Morgan fingerprint density at radius 3 is 2.44 bits per heavy atom. The minimum Gasteiger partial charge on any atom is -0.326 e. The van der Waals surface area contributed by atoms with Gasteiger partial charge in [0, 0.05) is 50.0 Å². The zero-order valence-corrected chi connectivity index (χ0v) is 20.9. The van der Waals surface area contributed by atoms with Crippen molar-refractivity contribution in [1.82, 2.24) is 34.7 Å². The van der Waals surface area contributed by atoms with Gasteiger partial charge in [-0.3, -0.25) is 4.90 Å². The number of rotatable bonds is 6. The first-order chi connectivity index (χ1) is 17.3. The Balaban J connectivity index is 1.41. The first-order valence-corrected chi connectivity index (χ1v) is 12.2. The van der Waals surface area contributed by atoms with Gasteiger partial charge in [0.2, 0.25) is 5.95 Å². The summed E-state index contributed by atoms with van der Waals surface area (Å²) in [5.41, 5.74) is 2.30. The lowest BCUT2D eigenvalue weighted by molar-refractivity contribution is 0.185. The number of aromatic nitrogens is 5. The van der Waals surface area contributed by atoms with E-state index in [4.69, 9.17) is 0 Å². The first-order valence-electron chi connectivity index (χ1n) is 12.2. The fourth-order valence-corrected chi connectivity index (χ4v) is 4.81. The predicted molar refractivity (Wildman–Crippen MR) is 136 cm³/mol. The van der Waals surface area contributed by atoms with Gasteiger partial charge in [-0.05, 0) is 51.5 Å². The standard InChI is InChI=1S/C26H30F2N8/c1-15(2)36-17(4)32-25-20(27)11-19(12-22(25)36)24-21(28)14-31-26(34-24)33-23-6-5-18(13-30-23)16(3)35-9-7-29-8-10-35/h5-6,11-16,29H,7-10H2,1-4H3,(H,30,31,33,34)/t16-/m1/s1. The SMILES string of the molecule is Cc1nc2c(F)cc(-c3nc(Nc4ccc([C@@H](C)N5CCNCC5)cn4)ncc3F)cc2n1C(C)C. The molecule has 3 aromatic heterocycles. The fourth-order valence-electron chi connectivity index (χ4n) is 4.81. The van der Waals surface area contributed by atoms with E-state index in [1.807, 2.05) is 43.7 Å². The summed E-state index contributed by atoms with van der Waals surface area (Å²) in [6.45, 7) is 12.0. The highest BCUT2D eigenvalue weighted by molar-refractivity contribution is 5.83. The van der Waals surface area contributed by atoms with Crippen LogP contribution in [0.3, 0.4) is 0 Å². The van der Waals surface area contributed by atoms with Crippen molar-refractivity contribution in [2.24, 2.45) is 0 Å². The highest BCUT2D eigenvalue weighted by Crippen LogP contribution is 2.30. The van der Waals surface area contributed by atoms with Crippen molar-refractivity contribution in [3.8, 4) is 11.3 Å². The molecular weight excluding hydrogens is 462 g/mol.